The first-order valence-corrected chi connectivity index (χ1v) is 7.81. The number of nitrogens with one attached hydrogen (secondary N) is 1. The van der Waals surface area contributed by atoms with Crippen LogP contribution in [0.1, 0.15) is 39.0 Å². The van der Waals surface area contributed by atoms with Crippen LogP contribution in [0.2, 0.25) is 0 Å². The number of anilines is 1. The van der Waals surface area contributed by atoms with Crippen LogP contribution in [0.25, 0.3) is 11.4 Å². The van der Waals surface area contributed by atoms with Gasteiger partial charge in [0, 0.05) is 24.3 Å². The van der Waals surface area contributed by atoms with Crippen molar-refractivity contribution in [3.05, 3.63) is 24.3 Å². The van der Waals surface area contributed by atoms with E-state index in [1.54, 1.807) is 4.68 Å². The van der Waals surface area contributed by atoms with Crippen LogP contribution in [-0.4, -0.2) is 26.2 Å². The molecule has 1 aliphatic rings. The summed E-state index contributed by atoms with van der Waals surface area (Å²) < 4.78 is 1.70. The Balaban J connectivity index is 1.73. The van der Waals surface area contributed by atoms with Crippen molar-refractivity contribution in [2.75, 3.05) is 5.32 Å². The van der Waals surface area contributed by atoms with Crippen molar-refractivity contribution in [2.45, 2.75) is 45.1 Å². The molecule has 2 aromatic rings. The van der Waals surface area contributed by atoms with Gasteiger partial charge in [0.05, 0.1) is 0 Å². The van der Waals surface area contributed by atoms with Gasteiger partial charge in [0.15, 0.2) is 5.82 Å². The molecule has 0 amide bonds. The van der Waals surface area contributed by atoms with Crippen molar-refractivity contribution in [3.8, 4) is 11.4 Å². The van der Waals surface area contributed by atoms with E-state index < -0.39 is 0 Å². The van der Waals surface area contributed by atoms with Gasteiger partial charge in [-0.1, -0.05) is 31.9 Å². The Morgan fingerprint density at radius 2 is 2.10 bits per heavy atom. The smallest absolute Gasteiger partial charge is 0.181 e. The van der Waals surface area contributed by atoms with Gasteiger partial charge in [0.25, 0.3) is 0 Å². The SMILES string of the molecule is CC1CCCC(Nc2cccc(-c3nnnn3C)c2)CC1. The average molecular weight is 285 g/mol. The first-order valence-electron chi connectivity index (χ1n) is 7.81. The summed E-state index contributed by atoms with van der Waals surface area (Å²) in [4.78, 5) is 0. The molecule has 0 bridgehead atoms. The second kappa shape index (κ2) is 6.24. The summed E-state index contributed by atoms with van der Waals surface area (Å²) in [6.45, 7) is 2.37. The lowest BCUT2D eigenvalue weighted by Crippen LogP contribution is -2.18. The third-order valence-electron chi connectivity index (χ3n) is 4.37. The maximum absolute atomic E-state index is 4.07. The summed E-state index contributed by atoms with van der Waals surface area (Å²) >= 11 is 0. The molecule has 1 aromatic carbocycles. The van der Waals surface area contributed by atoms with E-state index in [9.17, 15) is 0 Å². The quantitative estimate of drug-likeness (QED) is 0.879. The lowest BCUT2D eigenvalue weighted by Gasteiger charge is -2.18. The summed E-state index contributed by atoms with van der Waals surface area (Å²) in [5, 5.41) is 15.4. The predicted molar refractivity (Wildman–Crippen MR) is 83.9 cm³/mol. The van der Waals surface area contributed by atoms with E-state index in [4.69, 9.17) is 0 Å². The standard InChI is InChI=1S/C16H23N5/c1-12-5-3-7-14(10-9-12)17-15-8-4-6-13(11-15)16-18-19-20-21(16)2/h4,6,8,11-12,14,17H,3,5,7,9-10H2,1-2H3. The normalized spacial score (nSPS) is 22.8. The highest BCUT2D eigenvalue weighted by Crippen LogP contribution is 2.26. The van der Waals surface area contributed by atoms with Crippen LogP contribution in [0.3, 0.4) is 0 Å². The molecule has 0 saturated heterocycles. The number of nitrogens with zero attached hydrogens (tertiary/aromatic N) is 4. The Kier molecular flexibility index (Phi) is 4.18. The highest BCUT2D eigenvalue weighted by Gasteiger charge is 2.16. The van der Waals surface area contributed by atoms with Crippen LogP contribution in [0.5, 0.6) is 0 Å². The summed E-state index contributed by atoms with van der Waals surface area (Å²) in [6, 6.07) is 8.96. The molecule has 0 aliphatic heterocycles. The van der Waals surface area contributed by atoms with Crippen molar-refractivity contribution in [3.63, 3.8) is 0 Å². The van der Waals surface area contributed by atoms with Crippen molar-refractivity contribution >= 4 is 5.69 Å². The molecule has 1 aromatic heterocycles. The number of aryl methyl sites for hydroxylation is 1. The molecule has 1 aliphatic carbocycles. The van der Waals surface area contributed by atoms with Crippen LogP contribution in [0.4, 0.5) is 5.69 Å². The molecule has 5 nitrogen and oxygen atoms in total. The Hall–Kier alpha value is -1.91. The van der Waals surface area contributed by atoms with Crippen LogP contribution >= 0.6 is 0 Å². The average Bonchev–Trinajstić information content (AvgIpc) is 2.80. The van der Waals surface area contributed by atoms with Crippen molar-refractivity contribution in [2.24, 2.45) is 13.0 Å². The number of hydrogen-bond donors (Lipinski definition) is 1. The van der Waals surface area contributed by atoms with E-state index in [0.29, 0.717) is 6.04 Å². The molecule has 5 heteroatoms. The highest BCUT2D eigenvalue weighted by molar-refractivity contribution is 5.62. The van der Waals surface area contributed by atoms with E-state index in [1.165, 1.54) is 32.1 Å². The first kappa shape index (κ1) is 14.0. The molecule has 21 heavy (non-hydrogen) atoms. The monoisotopic (exact) mass is 285 g/mol. The largest absolute Gasteiger partial charge is 0.382 e. The zero-order chi connectivity index (χ0) is 14.7. The molecule has 1 fully saturated rings. The second-order valence-corrected chi connectivity index (χ2v) is 6.16. The van der Waals surface area contributed by atoms with Gasteiger partial charge in [-0.3, -0.25) is 0 Å². The highest BCUT2D eigenvalue weighted by atomic mass is 15.5. The van der Waals surface area contributed by atoms with E-state index in [0.717, 1.165) is 23.0 Å². The van der Waals surface area contributed by atoms with Gasteiger partial charge in [-0.25, -0.2) is 4.68 Å². The molecule has 1 saturated carbocycles. The van der Waals surface area contributed by atoms with E-state index >= 15 is 0 Å². The number of hydrogen-bond acceptors (Lipinski definition) is 4. The maximum atomic E-state index is 4.07. The Labute approximate surface area is 125 Å². The molecule has 3 rings (SSSR count). The summed E-state index contributed by atoms with van der Waals surface area (Å²) in [6.07, 6.45) is 6.54. The van der Waals surface area contributed by atoms with E-state index in [-0.39, 0.29) is 0 Å². The molecule has 0 spiro atoms. The predicted octanol–water partition coefficient (Wildman–Crippen LogP) is 3.26. The van der Waals surface area contributed by atoms with Crippen molar-refractivity contribution < 1.29 is 0 Å². The summed E-state index contributed by atoms with van der Waals surface area (Å²) in [5.74, 6) is 1.67. The second-order valence-electron chi connectivity index (χ2n) is 6.16. The number of tetrazole rings is 1. The molecular formula is C16H23N5. The molecular weight excluding hydrogens is 262 g/mol. The maximum Gasteiger partial charge on any atom is 0.181 e. The van der Waals surface area contributed by atoms with Crippen molar-refractivity contribution in [1.29, 1.82) is 0 Å². The van der Waals surface area contributed by atoms with Crippen molar-refractivity contribution in [1.82, 2.24) is 20.2 Å². The zero-order valence-electron chi connectivity index (χ0n) is 12.8. The fraction of sp³-hybridized carbons (Fsp3) is 0.562. The van der Waals surface area contributed by atoms with E-state index in [1.807, 2.05) is 13.1 Å². The van der Waals surface area contributed by atoms with Gasteiger partial charge in [0.1, 0.15) is 0 Å². The minimum Gasteiger partial charge on any atom is -0.382 e. The number of aromatic nitrogens is 4. The first-order chi connectivity index (χ1) is 10.2. The minimum atomic E-state index is 0.586. The van der Waals surface area contributed by atoms with Gasteiger partial charge < -0.3 is 5.32 Å². The van der Waals surface area contributed by atoms with Gasteiger partial charge in [0.2, 0.25) is 0 Å². The molecule has 2 atom stereocenters. The fourth-order valence-corrected chi connectivity index (χ4v) is 3.09. The summed E-state index contributed by atoms with van der Waals surface area (Å²) in [7, 11) is 1.86. The lowest BCUT2D eigenvalue weighted by molar-refractivity contribution is 0.502. The topological polar surface area (TPSA) is 55.6 Å². The minimum absolute atomic E-state index is 0.586. The Morgan fingerprint density at radius 3 is 2.90 bits per heavy atom. The summed E-state index contributed by atoms with van der Waals surface area (Å²) in [5.41, 5.74) is 2.21. The fourth-order valence-electron chi connectivity index (χ4n) is 3.09. The molecule has 0 radical (unpaired) electrons. The molecule has 1 N–H and O–H groups in total. The van der Waals surface area contributed by atoms with Gasteiger partial charge >= 0.3 is 0 Å². The van der Waals surface area contributed by atoms with Crippen LogP contribution in [0.15, 0.2) is 24.3 Å². The van der Waals surface area contributed by atoms with Crippen LogP contribution < -0.4 is 5.32 Å². The Morgan fingerprint density at radius 1 is 1.19 bits per heavy atom. The molecule has 1 heterocycles. The third kappa shape index (κ3) is 3.40. The van der Waals surface area contributed by atoms with E-state index in [2.05, 4.69) is 46.0 Å². The van der Waals surface area contributed by atoms with Gasteiger partial charge in [-0.2, -0.15) is 0 Å². The van der Waals surface area contributed by atoms with Crippen LogP contribution in [-0.2, 0) is 7.05 Å². The molecule has 112 valence electrons. The zero-order valence-corrected chi connectivity index (χ0v) is 12.8. The van der Waals surface area contributed by atoms with Gasteiger partial charge in [-0.05, 0) is 47.7 Å². The number of rotatable bonds is 3. The van der Waals surface area contributed by atoms with Crippen LogP contribution in [0, 0.1) is 5.92 Å². The number of benzene rings is 1. The molecule has 2 unspecified atom stereocenters. The van der Waals surface area contributed by atoms with Gasteiger partial charge in [-0.15, -0.1) is 5.10 Å². The Bertz CT molecular complexity index is 592. The third-order valence-corrected chi connectivity index (χ3v) is 4.37. The lowest BCUT2D eigenvalue weighted by atomic mass is 10.0.